The normalized spacial score (nSPS) is 33.6. The van der Waals surface area contributed by atoms with Gasteiger partial charge in [0.15, 0.2) is 8.32 Å². The van der Waals surface area contributed by atoms with Crippen LogP contribution in [0.5, 0.6) is 0 Å². The Morgan fingerprint density at radius 2 is 1.93 bits per heavy atom. The quantitative estimate of drug-likeness (QED) is 0.374. The van der Waals surface area contributed by atoms with E-state index in [9.17, 15) is 14.7 Å². The van der Waals surface area contributed by atoms with E-state index in [1.807, 2.05) is 0 Å². The highest BCUT2D eigenvalue weighted by molar-refractivity contribution is 6.69. The molecule has 1 N–H and O–H groups in total. The van der Waals surface area contributed by atoms with Crippen molar-refractivity contribution in [3.63, 3.8) is 0 Å². The van der Waals surface area contributed by atoms with Crippen LogP contribution in [0.4, 0.5) is 0 Å². The molecule has 2 bridgehead atoms. The van der Waals surface area contributed by atoms with Crippen LogP contribution in [0.1, 0.15) is 46.5 Å². The third-order valence-electron chi connectivity index (χ3n) is 6.38. The molecule has 0 amide bonds. The molecule has 0 aromatic heterocycles. The zero-order valence-corrected chi connectivity index (χ0v) is 19.3. The molecule has 28 heavy (non-hydrogen) atoms. The average Bonchev–Trinajstić information content (AvgIpc) is 2.54. The fraction of sp³-hybridized carbons (Fsp3) is 0.810. The molecule has 3 aliphatic rings. The Labute approximate surface area is 169 Å². The maximum absolute atomic E-state index is 11.7. The largest absolute Gasteiger partial charge is 0.466 e. The minimum Gasteiger partial charge on any atom is -0.466 e. The second-order valence-corrected chi connectivity index (χ2v) is 14.1. The SMILES string of the molecule is COC(=O)/C(C)=C/[C@H](O)C[C@]1(COC(C)=O)[C@H]2CC[C@@](C)(O[Si](C)(C)C)[C@@H]1C2. The lowest BCUT2D eigenvalue weighted by molar-refractivity contribution is -0.230. The molecule has 3 rings (SSSR count). The molecule has 5 atom stereocenters. The highest BCUT2D eigenvalue weighted by Crippen LogP contribution is 2.66. The average molecular weight is 413 g/mol. The van der Waals surface area contributed by atoms with E-state index in [0.717, 1.165) is 19.3 Å². The van der Waals surface area contributed by atoms with Crippen LogP contribution < -0.4 is 0 Å². The van der Waals surface area contributed by atoms with Crippen molar-refractivity contribution in [3.8, 4) is 0 Å². The number of rotatable bonds is 8. The van der Waals surface area contributed by atoms with E-state index in [-0.39, 0.29) is 29.5 Å². The summed E-state index contributed by atoms with van der Waals surface area (Å²) in [6.45, 7) is 12.1. The molecule has 160 valence electrons. The van der Waals surface area contributed by atoms with E-state index in [1.165, 1.54) is 14.0 Å². The summed E-state index contributed by atoms with van der Waals surface area (Å²) >= 11 is 0. The third-order valence-corrected chi connectivity index (χ3v) is 7.45. The molecule has 0 saturated heterocycles. The number of fused-ring (bicyclic) bond motifs is 2. The lowest BCUT2D eigenvalue weighted by atomic mass is 9.42. The standard InChI is InChI=1S/C21H36O6Si/c1-14(19(24)25-4)10-17(23)12-21(13-26-15(2)22)16-8-9-20(3,18(21)11-16)27-28(5,6)7/h10,16-18,23H,8-9,11-13H2,1-7H3/b14-10+/t16-,17-,18-,20+,21-/m0/s1. The van der Waals surface area contributed by atoms with Gasteiger partial charge in [0.2, 0.25) is 0 Å². The maximum atomic E-state index is 11.7. The summed E-state index contributed by atoms with van der Waals surface area (Å²) < 4.78 is 16.8. The van der Waals surface area contributed by atoms with Crippen molar-refractivity contribution >= 4 is 20.3 Å². The molecule has 0 spiro atoms. The highest BCUT2D eigenvalue weighted by Gasteiger charge is 2.65. The first-order valence-electron chi connectivity index (χ1n) is 10.1. The first-order chi connectivity index (χ1) is 12.8. The molecular weight excluding hydrogens is 376 g/mol. The number of methoxy groups -OCH3 is 1. The lowest BCUT2D eigenvalue weighted by Crippen LogP contribution is -2.67. The summed E-state index contributed by atoms with van der Waals surface area (Å²) in [7, 11) is -0.448. The molecule has 0 aromatic carbocycles. The number of hydrogen-bond acceptors (Lipinski definition) is 6. The van der Waals surface area contributed by atoms with E-state index in [4.69, 9.17) is 13.9 Å². The van der Waals surface area contributed by atoms with Gasteiger partial charge in [-0.05, 0) is 77.1 Å². The van der Waals surface area contributed by atoms with Gasteiger partial charge in [0.25, 0.3) is 0 Å². The Bertz CT molecular complexity index is 637. The van der Waals surface area contributed by atoms with Gasteiger partial charge in [-0.15, -0.1) is 0 Å². The van der Waals surface area contributed by atoms with Gasteiger partial charge >= 0.3 is 11.9 Å². The molecule has 0 aliphatic heterocycles. The minimum atomic E-state index is -1.77. The Morgan fingerprint density at radius 1 is 1.29 bits per heavy atom. The number of hydrogen-bond donors (Lipinski definition) is 1. The molecule has 6 nitrogen and oxygen atoms in total. The summed E-state index contributed by atoms with van der Waals surface area (Å²) in [5.74, 6) is -0.162. The Morgan fingerprint density at radius 3 is 2.43 bits per heavy atom. The highest BCUT2D eigenvalue weighted by atomic mass is 28.4. The molecule has 3 saturated carbocycles. The van der Waals surface area contributed by atoms with Crippen LogP contribution in [0.25, 0.3) is 0 Å². The van der Waals surface area contributed by atoms with Gasteiger partial charge in [0.05, 0.1) is 25.4 Å². The van der Waals surface area contributed by atoms with Crippen molar-refractivity contribution in [2.45, 2.75) is 77.8 Å². The monoisotopic (exact) mass is 412 g/mol. The lowest BCUT2D eigenvalue weighted by Gasteiger charge is -2.67. The van der Waals surface area contributed by atoms with Gasteiger partial charge < -0.3 is 19.0 Å². The van der Waals surface area contributed by atoms with Crippen molar-refractivity contribution in [2.75, 3.05) is 13.7 Å². The number of aliphatic hydroxyl groups excluding tert-OH is 1. The van der Waals surface area contributed by atoms with E-state index in [2.05, 4.69) is 26.6 Å². The van der Waals surface area contributed by atoms with E-state index >= 15 is 0 Å². The minimum absolute atomic E-state index is 0.214. The summed E-state index contributed by atoms with van der Waals surface area (Å²) in [6.07, 6.45) is 4.18. The summed E-state index contributed by atoms with van der Waals surface area (Å²) in [6, 6.07) is 0. The predicted molar refractivity (Wildman–Crippen MR) is 109 cm³/mol. The molecule has 0 radical (unpaired) electrons. The summed E-state index contributed by atoms with van der Waals surface area (Å²) in [4.78, 5) is 23.2. The smallest absolute Gasteiger partial charge is 0.333 e. The van der Waals surface area contributed by atoms with Gasteiger partial charge in [-0.25, -0.2) is 4.79 Å². The van der Waals surface area contributed by atoms with Crippen LogP contribution in [0.15, 0.2) is 11.6 Å². The number of aliphatic hydroxyl groups is 1. The van der Waals surface area contributed by atoms with Crippen LogP contribution in [0.2, 0.25) is 19.6 Å². The maximum Gasteiger partial charge on any atom is 0.333 e. The topological polar surface area (TPSA) is 82.1 Å². The molecule has 7 heteroatoms. The third kappa shape index (κ3) is 4.86. The summed E-state index contributed by atoms with van der Waals surface area (Å²) in [5.41, 5.74) is -0.228. The molecule has 3 aliphatic carbocycles. The van der Waals surface area contributed by atoms with Crippen molar-refractivity contribution in [2.24, 2.45) is 17.3 Å². The second kappa shape index (κ2) is 8.28. The van der Waals surface area contributed by atoms with Gasteiger partial charge in [-0.2, -0.15) is 0 Å². The fourth-order valence-electron chi connectivity index (χ4n) is 5.39. The van der Waals surface area contributed by atoms with E-state index < -0.39 is 20.4 Å². The Kier molecular flexibility index (Phi) is 6.83. The van der Waals surface area contributed by atoms with Crippen molar-refractivity contribution < 1.29 is 28.6 Å². The van der Waals surface area contributed by atoms with Crippen LogP contribution in [0, 0.1) is 17.3 Å². The second-order valence-electron chi connectivity index (χ2n) is 9.68. The molecule has 0 heterocycles. The zero-order valence-electron chi connectivity index (χ0n) is 18.3. The number of esters is 2. The number of carbonyl (C=O) groups excluding carboxylic acids is 2. The molecule has 0 aromatic rings. The molecule has 0 unspecified atom stereocenters. The van der Waals surface area contributed by atoms with Gasteiger partial charge in [0, 0.05) is 17.9 Å². The van der Waals surface area contributed by atoms with E-state index in [1.54, 1.807) is 13.0 Å². The van der Waals surface area contributed by atoms with Crippen molar-refractivity contribution in [1.82, 2.24) is 0 Å². The molecular formula is C21H36O6Si. The van der Waals surface area contributed by atoms with Gasteiger partial charge in [0.1, 0.15) is 0 Å². The van der Waals surface area contributed by atoms with E-state index in [0.29, 0.717) is 17.9 Å². The molecule has 3 fully saturated rings. The number of carbonyl (C=O) groups is 2. The summed E-state index contributed by atoms with van der Waals surface area (Å²) in [5, 5.41) is 10.7. The van der Waals surface area contributed by atoms with Gasteiger partial charge in [-0.3, -0.25) is 4.79 Å². The van der Waals surface area contributed by atoms with Crippen molar-refractivity contribution in [1.29, 1.82) is 0 Å². The fourth-order valence-corrected chi connectivity index (χ4v) is 7.03. The predicted octanol–water partition coefficient (Wildman–Crippen LogP) is 3.45. The number of ether oxygens (including phenoxy) is 2. The zero-order chi connectivity index (χ0) is 21.3. The first kappa shape index (κ1) is 23.1. The Hall–Kier alpha value is -1.18. The van der Waals surface area contributed by atoms with Crippen LogP contribution in [-0.4, -0.2) is 50.8 Å². The van der Waals surface area contributed by atoms with Crippen LogP contribution >= 0.6 is 0 Å². The van der Waals surface area contributed by atoms with Crippen LogP contribution in [-0.2, 0) is 23.5 Å². The van der Waals surface area contributed by atoms with Crippen LogP contribution in [0.3, 0.4) is 0 Å². The van der Waals surface area contributed by atoms with Crippen molar-refractivity contribution in [3.05, 3.63) is 11.6 Å². The Balaban J connectivity index is 2.29. The van der Waals surface area contributed by atoms with Gasteiger partial charge in [-0.1, -0.05) is 0 Å². The first-order valence-corrected chi connectivity index (χ1v) is 13.5.